The van der Waals surface area contributed by atoms with E-state index >= 15 is 0 Å². The second kappa shape index (κ2) is 5.17. The van der Waals surface area contributed by atoms with E-state index in [1.54, 1.807) is 7.11 Å². The molecule has 0 aliphatic carbocycles. The molecule has 0 spiro atoms. The van der Waals surface area contributed by atoms with Crippen LogP contribution in [0.4, 0.5) is 0 Å². The average Bonchev–Trinajstić information content (AvgIpc) is 2.22. The topological polar surface area (TPSA) is 35.2 Å². The Morgan fingerprint density at radius 2 is 2.00 bits per heavy atom. The third kappa shape index (κ3) is 2.51. The van der Waals surface area contributed by atoms with Gasteiger partial charge in [0.15, 0.2) is 0 Å². The fourth-order valence-corrected chi connectivity index (χ4v) is 2.00. The molecule has 2 N–H and O–H groups in total. The molecule has 0 aliphatic heterocycles. The Morgan fingerprint density at radius 3 is 2.53 bits per heavy atom. The van der Waals surface area contributed by atoms with Gasteiger partial charge in [-0.15, -0.1) is 0 Å². The first-order valence-corrected chi connectivity index (χ1v) is 5.46. The summed E-state index contributed by atoms with van der Waals surface area (Å²) in [4.78, 5) is 0. The summed E-state index contributed by atoms with van der Waals surface area (Å²) in [5.41, 5.74) is 9.56. The molecule has 1 atom stereocenters. The van der Waals surface area contributed by atoms with Gasteiger partial charge in [0.25, 0.3) is 0 Å². The minimum absolute atomic E-state index is 0.463. The van der Waals surface area contributed by atoms with E-state index in [9.17, 15) is 0 Å². The predicted molar refractivity (Wildman–Crippen MR) is 64.6 cm³/mol. The third-order valence-corrected chi connectivity index (χ3v) is 3.06. The van der Waals surface area contributed by atoms with E-state index in [0.717, 1.165) is 18.7 Å². The van der Waals surface area contributed by atoms with Crippen molar-refractivity contribution in [2.75, 3.05) is 13.7 Å². The maximum Gasteiger partial charge on any atom is 0.122 e. The van der Waals surface area contributed by atoms with Crippen LogP contribution in [0.5, 0.6) is 5.75 Å². The molecule has 0 amide bonds. The van der Waals surface area contributed by atoms with Gasteiger partial charge >= 0.3 is 0 Å². The van der Waals surface area contributed by atoms with Crippen LogP contribution in [0.3, 0.4) is 0 Å². The summed E-state index contributed by atoms with van der Waals surface area (Å²) in [5.74, 6) is 1.45. The van der Waals surface area contributed by atoms with E-state index in [0.29, 0.717) is 5.92 Å². The van der Waals surface area contributed by atoms with Crippen LogP contribution < -0.4 is 10.5 Å². The Morgan fingerprint density at radius 1 is 1.33 bits per heavy atom. The van der Waals surface area contributed by atoms with Crippen molar-refractivity contribution in [1.82, 2.24) is 0 Å². The lowest BCUT2D eigenvalue weighted by Gasteiger charge is -2.19. The molecule has 0 aromatic heterocycles. The average molecular weight is 207 g/mol. The Labute approximate surface area is 92.4 Å². The van der Waals surface area contributed by atoms with Crippen molar-refractivity contribution in [2.24, 2.45) is 5.73 Å². The molecule has 2 heteroatoms. The maximum atomic E-state index is 5.61. The van der Waals surface area contributed by atoms with Crippen LogP contribution in [-0.4, -0.2) is 13.7 Å². The second-order valence-corrected chi connectivity index (χ2v) is 4.10. The van der Waals surface area contributed by atoms with Gasteiger partial charge in [0.2, 0.25) is 0 Å². The van der Waals surface area contributed by atoms with Crippen molar-refractivity contribution in [3.05, 3.63) is 28.8 Å². The SMILES string of the molecule is COc1ccc(C)c(C)c1C(C)CCN. The molecule has 1 rings (SSSR count). The van der Waals surface area contributed by atoms with Crippen molar-refractivity contribution in [3.8, 4) is 5.75 Å². The van der Waals surface area contributed by atoms with Gasteiger partial charge in [0.05, 0.1) is 7.11 Å². The van der Waals surface area contributed by atoms with Gasteiger partial charge in [-0.1, -0.05) is 13.0 Å². The summed E-state index contributed by atoms with van der Waals surface area (Å²) in [6.07, 6.45) is 1.00. The van der Waals surface area contributed by atoms with Crippen molar-refractivity contribution in [2.45, 2.75) is 33.1 Å². The number of hydrogen-bond acceptors (Lipinski definition) is 2. The second-order valence-electron chi connectivity index (χ2n) is 4.10. The normalized spacial score (nSPS) is 12.6. The molecule has 84 valence electrons. The Balaban J connectivity index is 3.17. The van der Waals surface area contributed by atoms with Gasteiger partial charge in [0, 0.05) is 5.56 Å². The molecule has 1 aromatic rings. The molecule has 0 aliphatic rings. The smallest absolute Gasteiger partial charge is 0.122 e. The van der Waals surface area contributed by atoms with E-state index in [1.807, 2.05) is 6.07 Å². The summed E-state index contributed by atoms with van der Waals surface area (Å²) in [6, 6.07) is 4.15. The zero-order valence-corrected chi connectivity index (χ0v) is 10.1. The Hall–Kier alpha value is -1.02. The van der Waals surface area contributed by atoms with Gasteiger partial charge in [0.1, 0.15) is 5.75 Å². The standard InChI is InChI=1S/C13H21NO/c1-9-5-6-12(15-4)13(11(9)3)10(2)7-8-14/h5-6,10H,7-8,14H2,1-4H3. The van der Waals surface area contributed by atoms with Gasteiger partial charge in [-0.05, 0) is 49.9 Å². The maximum absolute atomic E-state index is 5.61. The van der Waals surface area contributed by atoms with E-state index in [-0.39, 0.29) is 0 Å². The highest BCUT2D eigenvalue weighted by molar-refractivity contribution is 5.46. The van der Waals surface area contributed by atoms with Gasteiger partial charge in [-0.25, -0.2) is 0 Å². The number of nitrogens with two attached hydrogens (primary N) is 1. The molecule has 2 nitrogen and oxygen atoms in total. The lowest BCUT2D eigenvalue weighted by atomic mass is 9.90. The van der Waals surface area contributed by atoms with Crippen molar-refractivity contribution >= 4 is 0 Å². The van der Waals surface area contributed by atoms with Gasteiger partial charge in [-0.3, -0.25) is 0 Å². The quantitative estimate of drug-likeness (QED) is 0.824. The number of rotatable bonds is 4. The third-order valence-electron chi connectivity index (χ3n) is 3.06. The molecule has 15 heavy (non-hydrogen) atoms. The van der Waals surface area contributed by atoms with E-state index in [2.05, 4.69) is 26.8 Å². The number of methoxy groups -OCH3 is 1. The van der Waals surface area contributed by atoms with Gasteiger partial charge < -0.3 is 10.5 Å². The summed E-state index contributed by atoms with van der Waals surface area (Å²) in [7, 11) is 1.72. The minimum Gasteiger partial charge on any atom is -0.496 e. The number of ether oxygens (including phenoxy) is 1. The first-order chi connectivity index (χ1) is 7.11. The van der Waals surface area contributed by atoms with Gasteiger partial charge in [-0.2, -0.15) is 0 Å². The first kappa shape index (κ1) is 12.1. The lowest BCUT2D eigenvalue weighted by molar-refractivity contribution is 0.404. The monoisotopic (exact) mass is 207 g/mol. The summed E-state index contributed by atoms with van der Waals surface area (Å²) >= 11 is 0. The zero-order chi connectivity index (χ0) is 11.4. The van der Waals surface area contributed by atoms with Crippen molar-refractivity contribution < 1.29 is 4.74 Å². The Kier molecular flexibility index (Phi) is 4.15. The molecule has 0 radical (unpaired) electrons. The van der Waals surface area contributed by atoms with E-state index in [4.69, 9.17) is 10.5 Å². The molecule has 0 saturated carbocycles. The van der Waals surface area contributed by atoms with Crippen LogP contribution in [0.2, 0.25) is 0 Å². The zero-order valence-electron chi connectivity index (χ0n) is 10.1. The fourth-order valence-electron chi connectivity index (χ4n) is 2.00. The van der Waals surface area contributed by atoms with Crippen LogP contribution in [0.25, 0.3) is 0 Å². The number of hydrogen-bond donors (Lipinski definition) is 1. The predicted octanol–water partition coefficient (Wildman–Crippen LogP) is 2.76. The minimum atomic E-state index is 0.463. The van der Waals surface area contributed by atoms with Crippen LogP contribution in [0.1, 0.15) is 36.0 Å². The lowest BCUT2D eigenvalue weighted by Crippen LogP contribution is -2.08. The number of aryl methyl sites for hydroxylation is 1. The molecule has 0 heterocycles. The molecule has 1 unspecified atom stereocenters. The molecular weight excluding hydrogens is 186 g/mol. The number of benzene rings is 1. The Bertz CT molecular complexity index is 334. The molecule has 0 fully saturated rings. The molecule has 0 saturated heterocycles. The van der Waals surface area contributed by atoms with Crippen LogP contribution >= 0.6 is 0 Å². The molecule has 1 aromatic carbocycles. The fraction of sp³-hybridized carbons (Fsp3) is 0.538. The van der Waals surface area contributed by atoms with Crippen molar-refractivity contribution in [1.29, 1.82) is 0 Å². The molecular formula is C13H21NO. The molecule has 0 bridgehead atoms. The summed E-state index contributed by atoms with van der Waals surface area (Å²) in [5, 5.41) is 0. The highest BCUT2D eigenvalue weighted by atomic mass is 16.5. The van der Waals surface area contributed by atoms with Crippen LogP contribution in [0, 0.1) is 13.8 Å². The highest BCUT2D eigenvalue weighted by Gasteiger charge is 2.14. The van der Waals surface area contributed by atoms with Crippen molar-refractivity contribution in [3.63, 3.8) is 0 Å². The van der Waals surface area contributed by atoms with E-state index in [1.165, 1.54) is 16.7 Å². The highest BCUT2D eigenvalue weighted by Crippen LogP contribution is 2.32. The largest absolute Gasteiger partial charge is 0.496 e. The van der Waals surface area contributed by atoms with Crippen LogP contribution in [-0.2, 0) is 0 Å². The van der Waals surface area contributed by atoms with E-state index < -0.39 is 0 Å². The van der Waals surface area contributed by atoms with Crippen LogP contribution in [0.15, 0.2) is 12.1 Å². The summed E-state index contributed by atoms with van der Waals surface area (Å²) in [6.45, 7) is 7.21. The first-order valence-electron chi connectivity index (χ1n) is 5.46. The summed E-state index contributed by atoms with van der Waals surface area (Å²) < 4.78 is 5.41.